The van der Waals surface area contributed by atoms with Crippen LogP contribution >= 0.6 is 0 Å². The molecule has 2 aliphatic heterocycles. The number of unbranched alkanes of at least 4 members (excludes halogenated alkanes) is 16. The summed E-state index contributed by atoms with van der Waals surface area (Å²) < 4.78 is 12.9. The molecule has 0 radical (unpaired) electrons. The van der Waals surface area contributed by atoms with Crippen LogP contribution in [0.2, 0.25) is 0 Å². The molecular weight excluding hydrogens is 582 g/mol. The fraction of sp³-hybridized carbons (Fsp3) is 0.833. The van der Waals surface area contributed by atoms with E-state index in [4.69, 9.17) is 9.47 Å². The Balaban J connectivity index is 1.02. The molecule has 3 unspecified atom stereocenters. The smallest absolute Gasteiger partial charge is 0.311 e. The van der Waals surface area contributed by atoms with Gasteiger partial charge in [-0.3, -0.25) is 9.69 Å². The van der Waals surface area contributed by atoms with Crippen molar-refractivity contribution in [3.63, 3.8) is 0 Å². The molecule has 5 heteroatoms. The normalized spacial score (nSPS) is 31.1. The second kappa shape index (κ2) is 17.4. The predicted molar refractivity (Wildman–Crippen MR) is 193 cm³/mol. The summed E-state index contributed by atoms with van der Waals surface area (Å²) in [6, 6.07) is 0.113. The molecule has 5 rings (SSSR count). The van der Waals surface area contributed by atoms with Gasteiger partial charge in [0.15, 0.2) is 5.76 Å². The van der Waals surface area contributed by atoms with Crippen LogP contribution in [0, 0.1) is 23.2 Å². The number of nitrogens with zero attached hydrogens (tertiary/aromatic N) is 1. The van der Waals surface area contributed by atoms with Crippen LogP contribution in [0.3, 0.4) is 0 Å². The van der Waals surface area contributed by atoms with E-state index in [1.54, 1.807) is 0 Å². The Morgan fingerprint density at radius 1 is 0.936 bits per heavy atom. The van der Waals surface area contributed by atoms with E-state index in [0.29, 0.717) is 12.2 Å². The summed E-state index contributed by atoms with van der Waals surface area (Å²) in [5.41, 5.74) is -0.310. The molecule has 3 aliphatic carbocycles. The first kappa shape index (κ1) is 36.7. The summed E-state index contributed by atoms with van der Waals surface area (Å²) in [6.45, 7) is 13.0. The van der Waals surface area contributed by atoms with Gasteiger partial charge >= 0.3 is 5.97 Å². The lowest BCUT2D eigenvalue weighted by Gasteiger charge is -2.63. The largest absolute Gasteiger partial charge is 0.485 e. The second-order valence-electron chi connectivity index (χ2n) is 16.2. The van der Waals surface area contributed by atoms with Crippen LogP contribution in [0.1, 0.15) is 168 Å². The van der Waals surface area contributed by atoms with Crippen molar-refractivity contribution >= 4 is 5.97 Å². The summed E-state index contributed by atoms with van der Waals surface area (Å²) in [4.78, 5) is 15.6. The van der Waals surface area contributed by atoms with Crippen LogP contribution in [0.25, 0.3) is 0 Å². The first-order chi connectivity index (χ1) is 22.8. The fourth-order valence-electron chi connectivity index (χ4n) is 9.75. The number of carbonyl (C=O) groups is 1. The summed E-state index contributed by atoms with van der Waals surface area (Å²) in [5.74, 6) is 2.30. The summed E-state index contributed by atoms with van der Waals surface area (Å²) in [6.07, 6.45) is 32.3. The third-order valence-electron chi connectivity index (χ3n) is 12.8. The number of esters is 1. The van der Waals surface area contributed by atoms with Crippen molar-refractivity contribution in [2.45, 2.75) is 186 Å². The topological polar surface area (TPSA) is 59.0 Å². The third-order valence-corrected chi connectivity index (χ3v) is 12.8. The van der Waals surface area contributed by atoms with Crippen LogP contribution in [0.15, 0.2) is 35.8 Å². The van der Waals surface area contributed by atoms with Crippen LogP contribution in [-0.4, -0.2) is 46.8 Å². The molecule has 2 saturated carbocycles. The monoisotopic (exact) mass is 652 g/mol. The predicted octanol–water partition coefficient (Wildman–Crippen LogP) is 10.6. The lowest BCUT2D eigenvalue weighted by molar-refractivity contribution is -0.218. The number of piperidine rings is 1. The number of carbonyl (C=O) groups excluding carboxylic acids is 1. The minimum Gasteiger partial charge on any atom is -0.485 e. The standard InChI is InChI=1S/C42H69NO4/c1-5-7-8-9-10-11-12-13-14-15-16-17-18-19-20-21-22-23-37(44)46-35-27-26-34-30-36-41(4,45)42(28-29-43(36)31-33-24-25-33)38(34)39(35)47-40(42)32(3)6-2/h26-27,33-34,36,38,40,45H,3,5-25,28-31H2,1-2,4H3/t34?,36?,38?,40-,41+,42-/m0/s1. The third kappa shape index (κ3) is 8.59. The van der Waals surface area contributed by atoms with E-state index in [9.17, 15) is 9.90 Å². The number of hydrogen-bond acceptors (Lipinski definition) is 5. The highest BCUT2D eigenvalue weighted by molar-refractivity contribution is 5.71. The van der Waals surface area contributed by atoms with Gasteiger partial charge in [-0.2, -0.15) is 0 Å². The molecule has 0 amide bonds. The van der Waals surface area contributed by atoms with E-state index in [0.717, 1.165) is 62.4 Å². The quantitative estimate of drug-likeness (QED) is 0.0677. The number of aliphatic hydroxyl groups is 1. The van der Waals surface area contributed by atoms with Gasteiger partial charge in [-0.25, -0.2) is 0 Å². The maximum absolute atomic E-state index is 13.1. The zero-order chi connectivity index (χ0) is 33.3. The second-order valence-corrected chi connectivity index (χ2v) is 16.2. The Bertz CT molecular complexity index is 1090. The van der Waals surface area contributed by atoms with Crippen molar-refractivity contribution in [1.29, 1.82) is 0 Å². The zero-order valence-corrected chi connectivity index (χ0v) is 30.5. The number of fused-ring (bicyclic) bond motifs is 1. The summed E-state index contributed by atoms with van der Waals surface area (Å²) in [5, 5.41) is 12.5. The number of likely N-dealkylation sites (tertiary alicyclic amines) is 1. The van der Waals surface area contributed by atoms with Crippen molar-refractivity contribution in [3.8, 4) is 0 Å². The van der Waals surface area contributed by atoms with E-state index in [2.05, 4.69) is 38.3 Å². The Morgan fingerprint density at radius 2 is 1.51 bits per heavy atom. The molecule has 4 fully saturated rings. The van der Waals surface area contributed by atoms with E-state index in [-0.39, 0.29) is 30.0 Å². The average molecular weight is 652 g/mol. The highest BCUT2D eigenvalue weighted by atomic mass is 16.6. The van der Waals surface area contributed by atoms with Crippen molar-refractivity contribution in [3.05, 3.63) is 35.8 Å². The number of allylic oxidation sites excluding steroid dienone is 3. The van der Waals surface area contributed by atoms with Gasteiger partial charge in [-0.05, 0) is 75.5 Å². The van der Waals surface area contributed by atoms with Crippen LogP contribution in [0.5, 0.6) is 0 Å². The minimum absolute atomic E-state index is 0.0262. The molecule has 266 valence electrons. The maximum atomic E-state index is 13.1. The van der Waals surface area contributed by atoms with Gasteiger partial charge in [0, 0.05) is 24.9 Å². The van der Waals surface area contributed by atoms with Crippen molar-refractivity contribution < 1.29 is 19.4 Å². The van der Waals surface area contributed by atoms with Gasteiger partial charge in [-0.1, -0.05) is 129 Å². The highest BCUT2D eigenvalue weighted by Gasteiger charge is 2.73. The molecule has 2 bridgehead atoms. The fourth-order valence-corrected chi connectivity index (χ4v) is 9.75. The first-order valence-electron chi connectivity index (χ1n) is 20.3. The molecule has 2 saturated heterocycles. The molecule has 1 N–H and O–H groups in total. The zero-order valence-electron chi connectivity index (χ0n) is 30.5. The summed E-state index contributed by atoms with van der Waals surface area (Å²) >= 11 is 0. The highest BCUT2D eigenvalue weighted by Crippen LogP contribution is 2.67. The molecule has 2 heterocycles. The average Bonchev–Trinajstić information content (AvgIpc) is 3.80. The van der Waals surface area contributed by atoms with E-state index < -0.39 is 11.0 Å². The van der Waals surface area contributed by atoms with E-state index in [1.807, 2.05) is 6.08 Å². The number of hydrogen-bond donors (Lipinski definition) is 1. The van der Waals surface area contributed by atoms with Gasteiger partial charge in [0.05, 0.1) is 11.0 Å². The van der Waals surface area contributed by atoms with Gasteiger partial charge < -0.3 is 14.6 Å². The van der Waals surface area contributed by atoms with Gasteiger partial charge in [0.25, 0.3) is 0 Å². The van der Waals surface area contributed by atoms with Crippen LogP contribution in [-0.2, 0) is 14.3 Å². The van der Waals surface area contributed by atoms with Crippen LogP contribution in [0.4, 0.5) is 0 Å². The Morgan fingerprint density at radius 3 is 2.06 bits per heavy atom. The van der Waals surface area contributed by atoms with Crippen molar-refractivity contribution in [2.75, 3.05) is 13.1 Å². The molecule has 5 aliphatic rings. The number of ether oxygens (including phenoxy) is 2. The molecule has 1 spiro atoms. The molecule has 0 aromatic carbocycles. The summed E-state index contributed by atoms with van der Waals surface area (Å²) in [7, 11) is 0. The van der Waals surface area contributed by atoms with Crippen molar-refractivity contribution in [2.24, 2.45) is 23.2 Å². The molecular formula is C42H69NO4. The Hall–Kier alpha value is -1.59. The SMILES string of the molecule is C=C(CC)[C@@H]1OC2=C(OC(=O)CCCCCCCCCCCCCCCCCCC)C=CC3CC4N(CC5CC5)CC[C@@]1(C23)[C@]4(C)O. The van der Waals surface area contributed by atoms with Crippen LogP contribution < -0.4 is 0 Å². The van der Waals surface area contributed by atoms with E-state index >= 15 is 0 Å². The Kier molecular flexibility index (Phi) is 13.6. The molecule has 47 heavy (non-hydrogen) atoms. The molecule has 0 aromatic rings. The lowest BCUT2D eigenvalue weighted by atomic mass is 9.47. The lowest BCUT2D eigenvalue weighted by Crippen LogP contribution is -2.73. The first-order valence-corrected chi connectivity index (χ1v) is 20.3. The molecule has 0 aromatic heterocycles. The van der Waals surface area contributed by atoms with Crippen molar-refractivity contribution in [1.82, 2.24) is 4.90 Å². The van der Waals surface area contributed by atoms with Gasteiger partial charge in [0.2, 0.25) is 0 Å². The minimum atomic E-state index is -0.903. The van der Waals surface area contributed by atoms with Gasteiger partial charge in [-0.15, -0.1) is 0 Å². The van der Waals surface area contributed by atoms with Gasteiger partial charge in [0.1, 0.15) is 11.9 Å². The van der Waals surface area contributed by atoms with E-state index in [1.165, 1.54) is 109 Å². The molecule has 6 atom stereocenters. The molecule has 5 nitrogen and oxygen atoms in total. The maximum Gasteiger partial charge on any atom is 0.311 e. The number of rotatable bonds is 23. The Labute approximate surface area is 288 Å².